The van der Waals surface area contributed by atoms with Crippen LogP contribution < -0.4 is 14.8 Å². The molecule has 1 saturated heterocycles. The molecular weight excluding hydrogens is 330 g/mol. The number of amides is 1. The van der Waals surface area contributed by atoms with Gasteiger partial charge in [0, 0.05) is 6.04 Å². The zero-order valence-electron chi connectivity index (χ0n) is 13.3. The number of carbonyl (C=O) groups excluding carboxylic acids is 1. The lowest BCUT2D eigenvalue weighted by atomic mass is 10.1. The highest BCUT2D eigenvalue weighted by atomic mass is 32.2. The predicted molar refractivity (Wildman–Crippen MR) is 91.2 cm³/mol. The first kappa shape index (κ1) is 16.6. The molecule has 0 bridgehead atoms. The molecule has 1 amide bonds. The number of rotatable bonds is 5. The Hall–Kier alpha value is -2.28. The molecule has 1 fully saturated rings. The normalized spacial score (nSPS) is 19.1. The van der Waals surface area contributed by atoms with Gasteiger partial charge in [-0.05, 0) is 41.5 Å². The molecule has 0 spiro atoms. The number of fused-ring (bicyclic) bond motifs is 1. The first-order chi connectivity index (χ1) is 11.4. The highest BCUT2D eigenvalue weighted by Crippen LogP contribution is 2.25. The molecule has 0 radical (unpaired) electrons. The third-order valence-corrected chi connectivity index (χ3v) is 5.75. The van der Waals surface area contributed by atoms with Crippen LogP contribution in [0.2, 0.25) is 0 Å². The zero-order chi connectivity index (χ0) is 17.2. The molecule has 2 aromatic carbocycles. The van der Waals surface area contributed by atoms with Crippen LogP contribution >= 0.6 is 0 Å². The molecule has 6 nitrogen and oxygen atoms in total. The van der Waals surface area contributed by atoms with E-state index in [4.69, 9.17) is 9.47 Å². The van der Waals surface area contributed by atoms with Gasteiger partial charge < -0.3 is 14.8 Å². The Kier molecular flexibility index (Phi) is 4.62. The Balaban J connectivity index is 1.59. The summed E-state index contributed by atoms with van der Waals surface area (Å²) in [5.41, 5.74) is 0. The van der Waals surface area contributed by atoms with E-state index in [1.807, 2.05) is 30.3 Å². The van der Waals surface area contributed by atoms with Crippen molar-refractivity contribution in [2.45, 2.75) is 12.5 Å². The van der Waals surface area contributed by atoms with Crippen LogP contribution in [0.15, 0.2) is 36.4 Å². The molecule has 1 heterocycles. The van der Waals surface area contributed by atoms with Crippen molar-refractivity contribution in [3.63, 3.8) is 0 Å². The SMILES string of the molecule is COc1ccc2ccc(OCC(=O)N[C@H]3CCS(=O)(=O)C3)cc2c1. The van der Waals surface area contributed by atoms with Crippen molar-refractivity contribution in [1.82, 2.24) is 5.32 Å². The van der Waals surface area contributed by atoms with Crippen LogP contribution in [0.5, 0.6) is 11.5 Å². The number of ether oxygens (including phenoxy) is 2. The summed E-state index contributed by atoms with van der Waals surface area (Å²) >= 11 is 0. The van der Waals surface area contributed by atoms with Crippen molar-refractivity contribution in [3.8, 4) is 11.5 Å². The number of hydrogen-bond donors (Lipinski definition) is 1. The molecule has 2 aromatic rings. The lowest BCUT2D eigenvalue weighted by molar-refractivity contribution is -0.123. The van der Waals surface area contributed by atoms with Crippen molar-refractivity contribution < 1.29 is 22.7 Å². The molecule has 1 N–H and O–H groups in total. The number of carbonyl (C=O) groups is 1. The second kappa shape index (κ2) is 6.68. The molecular formula is C17H19NO5S. The molecule has 7 heteroatoms. The number of hydrogen-bond acceptors (Lipinski definition) is 5. The lowest BCUT2D eigenvalue weighted by Crippen LogP contribution is -2.38. The van der Waals surface area contributed by atoms with Crippen molar-refractivity contribution in [2.24, 2.45) is 0 Å². The van der Waals surface area contributed by atoms with E-state index in [2.05, 4.69) is 5.32 Å². The summed E-state index contributed by atoms with van der Waals surface area (Å²) in [5.74, 6) is 1.15. The monoisotopic (exact) mass is 349 g/mol. The highest BCUT2D eigenvalue weighted by molar-refractivity contribution is 7.91. The Bertz CT molecular complexity index is 862. The quantitative estimate of drug-likeness (QED) is 0.885. The lowest BCUT2D eigenvalue weighted by Gasteiger charge is -2.12. The minimum Gasteiger partial charge on any atom is -0.497 e. The molecule has 0 aromatic heterocycles. The van der Waals surface area contributed by atoms with E-state index in [0.29, 0.717) is 12.2 Å². The molecule has 3 rings (SSSR count). The predicted octanol–water partition coefficient (Wildman–Crippen LogP) is 1.53. The summed E-state index contributed by atoms with van der Waals surface area (Å²) in [4.78, 5) is 11.9. The van der Waals surface area contributed by atoms with Crippen molar-refractivity contribution in [2.75, 3.05) is 25.2 Å². The van der Waals surface area contributed by atoms with Crippen molar-refractivity contribution >= 4 is 26.5 Å². The minimum absolute atomic E-state index is 0.00844. The van der Waals surface area contributed by atoms with Gasteiger partial charge in [-0.15, -0.1) is 0 Å². The Labute approximate surface area is 140 Å². The van der Waals surface area contributed by atoms with Crippen LogP contribution in [0.25, 0.3) is 10.8 Å². The van der Waals surface area contributed by atoms with E-state index in [1.54, 1.807) is 13.2 Å². The van der Waals surface area contributed by atoms with Gasteiger partial charge in [-0.25, -0.2) is 8.42 Å². The summed E-state index contributed by atoms with van der Waals surface area (Å²) in [6.45, 7) is -0.147. The average Bonchev–Trinajstić information content (AvgIpc) is 2.90. The van der Waals surface area contributed by atoms with Gasteiger partial charge in [-0.3, -0.25) is 4.79 Å². The highest BCUT2D eigenvalue weighted by Gasteiger charge is 2.28. The second-order valence-corrected chi connectivity index (χ2v) is 8.06. The van der Waals surface area contributed by atoms with E-state index in [0.717, 1.165) is 16.5 Å². The standard InChI is InChI=1S/C17H19NO5S/c1-22-15-4-2-12-3-5-16(9-13(12)8-15)23-10-17(19)18-14-6-7-24(20,21)11-14/h2-5,8-9,14H,6-7,10-11H2,1H3,(H,18,19)/t14-/m0/s1. The maximum absolute atomic E-state index is 11.9. The molecule has 1 atom stereocenters. The summed E-state index contributed by atoms with van der Waals surface area (Å²) in [6.07, 6.45) is 0.462. The number of nitrogens with one attached hydrogen (secondary N) is 1. The number of methoxy groups -OCH3 is 1. The van der Waals surface area contributed by atoms with Crippen LogP contribution in [0.3, 0.4) is 0 Å². The number of sulfone groups is 1. The molecule has 1 aliphatic rings. The van der Waals surface area contributed by atoms with Crippen LogP contribution in [0, 0.1) is 0 Å². The van der Waals surface area contributed by atoms with Gasteiger partial charge in [-0.2, -0.15) is 0 Å². The first-order valence-corrected chi connectivity index (χ1v) is 9.48. The van der Waals surface area contributed by atoms with Gasteiger partial charge in [0.05, 0.1) is 18.6 Å². The van der Waals surface area contributed by atoms with Crippen LogP contribution in [0.1, 0.15) is 6.42 Å². The van der Waals surface area contributed by atoms with Gasteiger partial charge in [0.1, 0.15) is 11.5 Å². The van der Waals surface area contributed by atoms with Gasteiger partial charge in [-0.1, -0.05) is 12.1 Å². The third kappa shape index (κ3) is 3.97. The smallest absolute Gasteiger partial charge is 0.258 e. The zero-order valence-corrected chi connectivity index (χ0v) is 14.1. The van der Waals surface area contributed by atoms with Crippen molar-refractivity contribution in [1.29, 1.82) is 0 Å². The average molecular weight is 349 g/mol. The topological polar surface area (TPSA) is 81.7 Å². The van der Waals surface area contributed by atoms with Gasteiger partial charge in [0.2, 0.25) is 0 Å². The Morgan fingerprint density at radius 3 is 2.54 bits per heavy atom. The Morgan fingerprint density at radius 2 is 1.88 bits per heavy atom. The van der Waals surface area contributed by atoms with E-state index in [-0.39, 0.29) is 30.1 Å². The van der Waals surface area contributed by atoms with Gasteiger partial charge >= 0.3 is 0 Å². The largest absolute Gasteiger partial charge is 0.497 e. The molecule has 0 unspecified atom stereocenters. The van der Waals surface area contributed by atoms with Gasteiger partial charge in [0.25, 0.3) is 5.91 Å². The summed E-state index contributed by atoms with van der Waals surface area (Å²) in [5, 5.41) is 4.70. The maximum atomic E-state index is 11.9. The van der Waals surface area contributed by atoms with Crippen LogP contribution in [-0.4, -0.2) is 45.6 Å². The van der Waals surface area contributed by atoms with E-state index in [9.17, 15) is 13.2 Å². The first-order valence-electron chi connectivity index (χ1n) is 7.65. The molecule has 1 aliphatic heterocycles. The molecule has 24 heavy (non-hydrogen) atoms. The maximum Gasteiger partial charge on any atom is 0.258 e. The molecule has 0 saturated carbocycles. The number of benzene rings is 2. The van der Waals surface area contributed by atoms with Crippen molar-refractivity contribution in [3.05, 3.63) is 36.4 Å². The van der Waals surface area contributed by atoms with Crippen LogP contribution in [0.4, 0.5) is 0 Å². The Morgan fingerprint density at radius 1 is 1.17 bits per heavy atom. The third-order valence-electron chi connectivity index (χ3n) is 3.99. The van der Waals surface area contributed by atoms with Gasteiger partial charge in [0.15, 0.2) is 16.4 Å². The fraction of sp³-hybridized carbons (Fsp3) is 0.353. The second-order valence-electron chi connectivity index (χ2n) is 5.83. The van der Waals surface area contributed by atoms with E-state index < -0.39 is 9.84 Å². The van der Waals surface area contributed by atoms with E-state index in [1.165, 1.54) is 0 Å². The summed E-state index contributed by atoms with van der Waals surface area (Å²) in [6, 6.07) is 11.0. The summed E-state index contributed by atoms with van der Waals surface area (Å²) < 4.78 is 33.5. The summed E-state index contributed by atoms with van der Waals surface area (Å²) in [7, 11) is -1.40. The fourth-order valence-electron chi connectivity index (χ4n) is 2.75. The molecule has 128 valence electrons. The van der Waals surface area contributed by atoms with Crippen LogP contribution in [-0.2, 0) is 14.6 Å². The van der Waals surface area contributed by atoms with E-state index >= 15 is 0 Å². The molecule has 0 aliphatic carbocycles. The fourth-order valence-corrected chi connectivity index (χ4v) is 4.42. The minimum atomic E-state index is -3.01.